The van der Waals surface area contributed by atoms with E-state index in [4.69, 9.17) is 5.11 Å². The summed E-state index contributed by atoms with van der Waals surface area (Å²) in [4.78, 5) is 23.0. The Kier molecular flexibility index (Phi) is 16.8. The van der Waals surface area contributed by atoms with Gasteiger partial charge in [-0.1, -0.05) is 64.7 Å². The number of aliphatic hydroxyl groups is 1. The van der Waals surface area contributed by atoms with Crippen LogP contribution in [0.3, 0.4) is 0 Å². The van der Waals surface area contributed by atoms with Gasteiger partial charge in [0.05, 0.1) is 0 Å². The lowest BCUT2D eigenvalue weighted by molar-refractivity contribution is -0.142. The summed E-state index contributed by atoms with van der Waals surface area (Å²) >= 11 is 0. The largest absolute Gasteiger partial charge is 0.480 e. The number of carboxylic acids is 1. The maximum atomic E-state index is 11.9. The highest BCUT2D eigenvalue weighted by Crippen LogP contribution is 2.08. The molecular weight excluding hydrogens is 366 g/mol. The number of hydrogen-bond acceptors (Lipinski definition) is 3. The maximum absolute atomic E-state index is 11.9. The number of unbranched alkanes of at least 4 members (excludes halogenated alkanes) is 7. The lowest BCUT2D eigenvalue weighted by Crippen LogP contribution is -2.41. The van der Waals surface area contributed by atoms with Crippen LogP contribution in [0.5, 0.6) is 0 Å². The molecule has 0 aromatic carbocycles. The van der Waals surface area contributed by atoms with Crippen molar-refractivity contribution in [2.24, 2.45) is 5.92 Å². The van der Waals surface area contributed by atoms with E-state index in [9.17, 15) is 14.7 Å². The molecule has 0 bridgehead atoms. The second kappa shape index (κ2) is 18.1. The predicted molar refractivity (Wildman–Crippen MR) is 117 cm³/mol. The number of amides is 1. The van der Waals surface area contributed by atoms with E-state index in [2.05, 4.69) is 35.9 Å². The number of carboxylic acid groups (broad SMARTS) is 1. The molecule has 0 fully saturated rings. The van der Waals surface area contributed by atoms with E-state index < -0.39 is 18.1 Å². The second-order valence-corrected chi connectivity index (χ2v) is 7.94. The zero-order valence-electron chi connectivity index (χ0n) is 18.4. The van der Waals surface area contributed by atoms with Gasteiger partial charge in [0.1, 0.15) is 12.1 Å². The van der Waals surface area contributed by atoms with Crippen LogP contribution in [0.4, 0.5) is 0 Å². The number of carbonyl (C=O) groups is 2. The van der Waals surface area contributed by atoms with Gasteiger partial charge in [-0.3, -0.25) is 4.79 Å². The molecule has 0 aliphatic carbocycles. The minimum atomic E-state index is -1.00. The summed E-state index contributed by atoms with van der Waals surface area (Å²) in [6, 6.07) is -0.839. The molecule has 0 spiro atoms. The minimum Gasteiger partial charge on any atom is -0.480 e. The first kappa shape index (κ1) is 27.0. The third-order valence-electron chi connectivity index (χ3n) is 4.52. The van der Waals surface area contributed by atoms with Crippen LogP contribution in [0.2, 0.25) is 0 Å². The predicted octanol–water partition coefficient (Wildman–Crippen LogP) is 4.28. The van der Waals surface area contributed by atoms with E-state index in [1.165, 1.54) is 32.1 Å². The monoisotopic (exact) mass is 405 g/mol. The topological polar surface area (TPSA) is 86.6 Å². The Morgan fingerprint density at radius 3 is 2.31 bits per heavy atom. The minimum absolute atomic E-state index is 0.194. The van der Waals surface area contributed by atoms with E-state index >= 15 is 0 Å². The van der Waals surface area contributed by atoms with Gasteiger partial charge in [0.25, 0.3) is 0 Å². The van der Waals surface area contributed by atoms with E-state index in [1.807, 2.05) is 13.8 Å². The van der Waals surface area contributed by atoms with Gasteiger partial charge in [-0.2, -0.15) is 0 Å². The first-order chi connectivity index (χ1) is 13.9. The highest BCUT2D eigenvalue weighted by Gasteiger charge is 2.20. The molecule has 164 valence electrons. The molecule has 5 heteroatoms. The van der Waals surface area contributed by atoms with E-state index in [-0.39, 0.29) is 18.2 Å². The summed E-state index contributed by atoms with van der Waals surface area (Å²) in [6.45, 7) is 6.05. The van der Waals surface area contributed by atoms with Gasteiger partial charge < -0.3 is 15.5 Å². The molecule has 0 aromatic heterocycles. The first-order valence-electron chi connectivity index (χ1n) is 11.0. The third kappa shape index (κ3) is 17.8. The van der Waals surface area contributed by atoms with Crippen molar-refractivity contribution in [2.75, 3.05) is 0 Å². The van der Waals surface area contributed by atoms with E-state index in [1.54, 1.807) is 0 Å². The highest BCUT2D eigenvalue weighted by molar-refractivity contribution is 5.83. The Bertz CT molecular complexity index is 577. The molecule has 1 amide bonds. The molecule has 0 saturated carbocycles. The van der Waals surface area contributed by atoms with Crippen LogP contribution < -0.4 is 5.32 Å². The van der Waals surface area contributed by atoms with Crippen LogP contribution in [0.25, 0.3) is 0 Å². The summed E-state index contributed by atoms with van der Waals surface area (Å²) < 4.78 is 0. The summed E-state index contributed by atoms with van der Waals surface area (Å²) in [5.41, 5.74) is 0. The van der Waals surface area contributed by atoms with Gasteiger partial charge in [-0.15, -0.1) is 0 Å². The summed E-state index contributed by atoms with van der Waals surface area (Å²) in [5, 5.41) is 21.5. The normalized spacial score (nSPS) is 12.3. The van der Waals surface area contributed by atoms with Crippen molar-refractivity contribution in [3.63, 3.8) is 0 Å². The van der Waals surface area contributed by atoms with Crippen molar-refractivity contribution < 1.29 is 19.8 Å². The van der Waals surface area contributed by atoms with Crippen LogP contribution in [0, 0.1) is 29.6 Å². The van der Waals surface area contributed by atoms with Crippen molar-refractivity contribution in [3.05, 3.63) is 0 Å². The van der Waals surface area contributed by atoms with E-state index in [0.29, 0.717) is 25.7 Å². The van der Waals surface area contributed by atoms with Gasteiger partial charge in [0, 0.05) is 12.8 Å². The van der Waals surface area contributed by atoms with Crippen molar-refractivity contribution in [2.45, 2.75) is 110 Å². The van der Waals surface area contributed by atoms with Gasteiger partial charge >= 0.3 is 5.97 Å². The molecule has 0 aliphatic rings. The third-order valence-corrected chi connectivity index (χ3v) is 4.52. The summed E-state index contributed by atoms with van der Waals surface area (Å²) in [6.07, 6.45) is 9.93. The van der Waals surface area contributed by atoms with Crippen molar-refractivity contribution in [3.8, 4) is 23.7 Å². The smallest absolute Gasteiger partial charge is 0.326 e. The van der Waals surface area contributed by atoms with Crippen molar-refractivity contribution >= 4 is 11.9 Å². The SMILES string of the molecule is CCCCCCCCC#CC#C[C@H](O)CCCCC(=O)N[C@@H](CC(C)C)C(=O)O. The summed E-state index contributed by atoms with van der Waals surface area (Å²) in [7, 11) is 0. The van der Waals surface area contributed by atoms with Gasteiger partial charge in [0.2, 0.25) is 5.91 Å². The Hall–Kier alpha value is -1.98. The van der Waals surface area contributed by atoms with Crippen molar-refractivity contribution in [1.82, 2.24) is 5.32 Å². The van der Waals surface area contributed by atoms with Crippen LogP contribution in [-0.4, -0.2) is 34.2 Å². The lowest BCUT2D eigenvalue weighted by Gasteiger charge is -2.16. The lowest BCUT2D eigenvalue weighted by atomic mass is 10.0. The van der Waals surface area contributed by atoms with Crippen LogP contribution in [0.15, 0.2) is 0 Å². The van der Waals surface area contributed by atoms with Gasteiger partial charge in [0.15, 0.2) is 0 Å². The fraction of sp³-hybridized carbons (Fsp3) is 0.750. The van der Waals surface area contributed by atoms with Crippen molar-refractivity contribution in [1.29, 1.82) is 0 Å². The van der Waals surface area contributed by atoms with Crippen LogP contribution >= 0.6 is 0 Å². The Morgan fingerprint density at radius 1 is 0.966 bits per heavy atom. The van der Waals surface area contributed by atoms with E-state index in [0.717, 1.165) is 12.8 Å². The fourth-order valence-electron chi connectivity index (χ4n) is 2.87. The number of rotatable bonds is 15. The summed E-state index contributed by atoms with van der Waals surface area (Å²) in [5.74, 6) is 10.1. The number of aliphatic hydroxyl groups excluding tert-OH is 1. The van der Waals surface area contributed by atoms with Gasteiger partial charge in [-0.25, -0.2) is 4.79 Å². The maximum Gasteiger partial charge on any atom is 0.326 e. The molecule has 0 rings (SSSR count). The Morgan fingerprint density at radius 2 is 1.66 bits per heavy atom. The Labute approximate surface area is 177 Å². The molecule has 3 N–H and O–H groups in total. The molecule has 0 radical (unpaired) electrons. The quantitative estimate of drug-likeness (QED) is 0.280. The van der Waals surface area contributed by atoms with Gasteiger partial charge in [-0.05, 0) is 49.9 Å². The fourth-order valence-corrected chi connectivity index (χ4v) is 2.87. The number of nitrogens with one attached hydrogen (secondary N) is 1. The molecule has 0 heterocycles. The molecule has 0 aliphatic heterocycles. The zero-order chi connectivity index (χ0) is 21.9. The molecular formula is C24H39NO4. The molecule has 0 aromatic rings. The standard InChI is InChI=1S/C24H39NO4/c1-4-5-6-7-8-9-10-11-12-13-16-21(26)17-14-15-18-23(27)25-22(24(28)29)19-20(2)3/h20-22,26H,4-10,14-15,17-19H2,1-3H3,(H,25,27)(H,28,29)/t21-,22-/m0/s1. The highest BCUT2D eigenvalue weighted by atomic mass is 16.4. The number of carbonyl (C=O) groups excluding carboxylic acids is 1. The van der Waals surface area contributed by atoms with Crippen LogP contribution in [0.1, 0.15) is 97.8 Å². The average molecular weight is 406 g/mol. The molecule has 0 unspecified atom stereocenters. The Balaban J connectivity index is 3.88. The zero-order valence-corrected chi connectivity index (χ0v) is 18.4. The molecule has 5 nitrogen and oxygen atoms in total. The average Bonchev–Trinajstić information content (AvgIpc) is 2.65. The molecule has 0 saturated heterocycles. The number of hydrogen-bond donors (Lipinski definition) is 3. The van der Waals surface area contributed by atoms with Crippen LogP contribution in [-0.2, 0) is 9.59 Å². The second-order valence-electron chi connectivity index (χ2n) is 7.94. The first-order valence-corrected chi connectivity index (χ1v) is 11.0. The number of aliphatic carboxylic acids is 1. The molecule has 29 heavy (non-hydrogen) atoms. The molecule has 2 atom stereocenters.